The van der Waals surface area contributed by atoms with Gasteiger partial charge in [-0.2, -0.15) is 0 Å². The van der Waals surface area contributed by atoms with Crippen molar-refractivity contribution < 1.29 is 4.79 Å². The lowest BCUT2D eigenvalue weighted by Gasteiger charge is -2.37. The van der Waals surface area contributed by atoms with E-state index in [0.717, 1.165) is 18.9 Å². The van der Waals surface area contributed by atoms with E-state index in [1.807, 2.05) is 0 Å². The van der Waals surface area contributed by atoms with Crippen LogP contribution in [0.2, 0.25) is 0 Å². The SMILES string of the molecule is Cc1ccccc1C1CC(NCCCC(=O)NC2CC2)C1. The van der Waals surface area contributed by atoms with Crippen LogP contribution in [0.3, 0.4) is 0 Å². The van der Waals surface area contributed by atoms with Crippen molar-refractivity contribution >= 4 is 5.91 Å². The highest BCUT2D eigenvalue weighted by atomic mass is 16.1. The van der Waals surface area contributed by atoms with Crippen LogP contribution in [0.1, 0.15) is 55.6 Å². The average molecular weight is 286 g/mol. The van der Waals surface area contributed by atoms with Gasteiger partial charge in [0.2, 0.25) is 5.91 Å². The van der Waals surface area contributed by atoms with Gasteiger partial charge >= 0.3 is 0 Å². The fourth-order valence-electron chi connectivity index (χ4n) is 3.17. The molecule has 1 aromatic rings. The van der Waals surface area contributed by atoms with E-state index in [0.29, 0.717) is 18.5 Å². The number of hydrogen-bond acceptors (Lipinski definition) is 2. The van der Waals surface area contributed by atoms with Gasteiger partial charge in [-0.15, -0.1) is 0 Å². The first-order chi connectivity index (χ1) is 10.2. The summed E-state index contributed by atoms with van der Waals surface area (Å²) in [5.41, 5.74) is 2.93. The number of carbonyl (C=O) groups is 1. The van der Waals surface area contributed by atoms with Crippen LogP contribution in [0.25, 0.3) is 0 Å². The molecule has 0 bridgehead atoms. The highest BCUT2D eigenvalue weighted by Crippen LogP contribution is 2.38. The first-order valence-corrected chi connectivity index (χ1v) is 8.30. The molecule has 0 spiro atoms. The predicted octanol–water partition coefficient (Wildman–Crippen LogP) is 2.89. The summed E-state index contributed by atoms with van der Waals surface area (Å²) in [5, 5.41) is 6.62. The van der Waals surface area contributed by atoms with Crippen molar-refractivity contribution in [2.24, 2.45) is 0 Å². The molecule has 1 aromatic carbocycles. The maximum absolute atomic E-state index is 11.6. The van der Waals surface area contributed by atoms with E-state index in [1.54, 1.807) is 0 Å². The fourth-order valence-corrected chi connectivity index (χ4v) is 3.17. The van der Waals surface area contributed by atoms with Gasteiger partial charge in [-0.3, -0.25) is 4.79 Å². The minimum Gasteiger partial charge on any atom is -0.353 e. The number of aryl methyl sites for hydroxylation is 1. The Kier molecular flexibility index (Phi) is 4.59. The summed E-state index contributed by atoms with van der Waals surface area (Å²) in [4.78, 5) is 11.6. The van der Waals surface area contributed by atoms with Crippen molar-refractivity contribution in [2.75, 3.05) is 6.54 Å². The van der Waals surface area contributed by atoms with Crippen molar-refractivity contribution in [3.63, 3.8) is 0 Å². The quantitative estimate of drug-likeness (QED) is 0.757. The molecular weight excluding hydrogens is 260 g/mol. The molecular formula is C18H26N2O. The molecule has 3 heteroatoms. The lowest BCUT2D eigenvalue weighted by atomic mass is 9.74. The van der Waals surface area contributed by atoms with Gasteiger partial charge < -0.3 is 10.6 Å². The van der Waals surface area contributed by atoms with E-state index in [2.05, 4.69) is 41.8 Å². The Morgan fingerprint density at radius 1 is 1.19 bits per heavy atom. The zero-order valence-corrected chi connectivity index (χ0v) is 12.9. The summed E-state index contributed by atoms with van der Waals surface area (Å²) < 4.78 is 0. The van der Waals surface area contributed by atoms with Crippen LogP contribution < -0.4 is 10.6 Å². The molecule has 0 saturated heterocycles. The predicted molar refractivity (Wildman–Crippen MR) is 85.3 cm³/mol. The normalized spacial score (nSPS) is 24.4. The molecule has 0 heterocycles. The van der Waals surface area contributed by atoms with E-state index in [1.165, 1.54) is 36.8 Å². The maximum atomic E-state index is 11.6. The zero-order valence-electron chi connectivity index (χ0n) is 12.9. The second-order valence-electron chi connectivity index (χ2n) is 6.62. The lowest BCUT2D eigenvalue weighted by Crippen LogP contribution is -2.41. The Morgan fingerprint density at radius 2 is 1.95 bits per heavy atom. The molecule has 0 atom stereocenters. The van der Waals surface area contributed by atoms with Crippen molar-refractivity contribution in [1.82, 2.24) is 10.6 Å². The van der Waals surface area contributed by atoms with E-state index in [4.69, 9.17) is 0 Å². The van der Waals surface area contributed by atoms with Crippen LogP contribution in [0.15, 0.2) is 24.3 Å². The van der Waals surface area contributed by atoms with Crippen LogP contribution in [0.4, 0.5) is 0 Å². The highest BCUT2D eigenvalue weighted by Gasteiger charge is 2.30. The summed E-state index contributed by atoms with van der Waals surface area (Å²) in [6, 6.07) is 9.85. The molecule has 3 nitrogen and oxygen atoms in total. The number of hydrogen-bond donors (Lipinski definition) is 2. The van der Waals surface area contributed by atoms with Crippen molar-refractivity contribution in [3.05, 3.63) is 35.4 Å². The third-order valence-corrected chi connectivity index (χ3v) is 4.72. The average Bonchev–Trinajstić information content (AvgIpc) is 3.22. The van der Waals surface area contributed by atoms with Crippen LogP contribution >= 0.6 is 0 Å². The fraction of sp³-hybridized carbons (Fsp3) is 0.611. The molecule has 2 aliphatic rings. The number of nitrogens with one attached hydrogen (secondary N) is 2. The van der Waals surface area contributed by atoms with Gasteiger partial charge in [0.15, 0.2) is 0 Å². The molecule has 21 heavy (non-hydrogen) atoms. The van der Waals surface area contributed by atoms with E-state index >= 15 is 0 Å². The third-order valence-electron chi connectivity index (χ3n) is 4.72. The van der Waals surface area contributed by atoms with Gasteiger partial charge in [0.25, 0.3) is 0 Å². The van der Waals surface area contributed by atoms with Gasteiger partial charge in [-0.25, -0.2) is 0 Å². The monoisotopic (exact) mass is 286 g/mol. The van der Waals surface area contributed by atoms with Crippen LogP contribution in [-0.2, 0) is 4.79 Å². The number of carbonyl (C=O) groups excluding carboxylic acids is 1. The second kappa shape index (κ2) is 6.61. The first-order valence-electron chi connectivity index (χ1n) is 8.30. The number of benzene rings is 1. The molecule has 2 fully saturated rings. The minimum atomic E-state index is 0.227. The van der Waals surface area contributed by atoms with Gasteiger partial charge in [-0.05, 0) is 62.6 Å². The highest BCUT2D eigenvalue weighted by molar-refractivity contribution is 5.76. The van der Waals surface area contributed by atoms with Crippen molar-refractivity contribution in [3.8, 4) is 0 Å². The third kappa shape index (κ3) is 4.07. The molecule has 0 radical (unpaired) electrons. The molecule has 2 saturated carbocycles. The Morgan fingerprint density at radius 3 is 2.67 bits per heavy atom. The maximum Gasteiger partial charge on any atom is 0.220 e. The van der Waals surface area contributed by atoms with Gasteiger partial charge in [-0.1, -0.05) is 24.3 Å². The zero-order chi connectivity index (χ0) is 14.7. The Balaban J connectivity index is 1.28. The van der Waals surface area contributed by atoms with Crippen LogP contribution in [-0.4, -0.2) is 24.5 Å². The van der Waals surface area contributed by atoms with E-state index in [-0.39, 0.29) is 5.91 Å². The Labute approximate surface area is 127 Å². The van der Waals surface area contributed by atoms with Crippen LogP contribution in [0, 0.1) is 6.92 Å². The molecule has 0 aromatic heterocycles. The molecule has 0 aliphatic heterocycles. The summed E-state index contributed by atoms with van der Waals surface area (Å²) >= 11 is 0. The molecule has 3 rings (SSSR count). The second-order valence-corrected chi connectivity index (χ2v) is 6.62. The minimum absolute atomic E-state index is 0.227. The molecule has 1 amide bonds. The summed E-state index contributed by atoms with van der Waals surface area (Å²) in [7, 11) is 0. The molecule has 2 N–H and O–H groups in total. The van der Waals surface area contributed by atoms with Crippen molar-refractivity contribution in [2.45, 2.75) is 63.5 Å². The van der Waals surface area contributed by atoms with Gasteiger partial charge in [0.05, 0.1) is 0 Å². The largest absolute Gasteiger partial charge is 0.353 e. The topological polar surface area (TPSA) is 41.1 Å². The Hall–Kier alpha value is -1.35. The van der Waals surface area contributed by atoms with E-state index < -0.39 is 0 Å². The standard InChI is InChI=1S/C18H26N2O/c1-13-5-2-3-6-17(13)14-11-16(12-14)19-10-4-7-18(21)20-15-8-9-15/h2-3,5-6,14-16,19H,4,7-12H2,1H3,(H,20,21). The number of rotatable bonds is 7. The molecule has 114 valence electrons. The van der Waals surface area contributed by atoms with Gasteiger partial charge in [0, 0.05) is 18.5 Å². The van der Waals surface area contributed by atoms with Crippen LogP contribution in [0.5, 0.6) is 0 Å². The van der Waals surface area contributed by atoms with E-state index in [9.17, 15) is 4.79 Å². The number of amides is 1. The smallest absolute Gasteiger partial charge is 0.220 e. The Bertz CT molecular complexity index is 490. The summed E-state index contributed by atoms with van der Waals surface area (Å²) in [6.45, 7) is 3.16. The van der Waals surface area contributed by atoms with Gasteiger partial charge in [0.1, 0.15) is 0 Å². The summed E-state index contributed by atoms with van der Waals surface area (Å²) in [5.74, 6) is 0.951. The summed E-state index contributed by atoms with van der Waals surface area (Å²) in [6.07, 6.45) is 6.43. The molecule has 0 unspecified atom stereocenters. The first kappa shape index (κ1) is 14.6. The lowest BCUT2D eigenvalue weighted by molar-refractivity contribution is -0.121. The molecule has 2 aliphatic carbocycles. The van der Waals surface area contributed by atoms with Crippen molar-refractivity contribution in [1.29, 1.82) is 0 Å².